The molecule has 0 heterocycles. The predicted octanol–water partition coefficient (Wildman–Crippen LogP) is 2.15. The van der Waals surface area contributed by atoms with Gasteiger partial charge in [-0.05, 0) is 30.9 Å². The zero-order valence-electron chi connectivity index (χ0n) is 10.5. The zero-order valence-corrected chi connectivity index (χ0v) is 10.5. The molecule has 0 aliphatic heterocycles. The molecule has 0 aromatic heterocycles. The third kappa shape index (κ3) is 3.72. The Hall–Kier alpha value is -1.58. The predicted molar refractivity (Wildman–Crippen MR) is 65.7 cm³/mol. The van der Waals surface area contributed by atoms with E-state index >= 15 is 0 Å². The lowest BCUT2D eigenvalue weighted by Crippen LogP contribution is -2.20. The van der Waals surface area contributed by atoms with Crippen LogP contribution >= 0.6 is 0 Å². The first-order valence-electron chi connectivity index (χ1n) is 6.35. The monoisotopic (exact) mass is 250 g/mol. The molecule has 0 amide bonds. The highest BCUT2D eigenvalue weighted by Gasteiger charge is 2.25. The molecule has 2 aliphatic rings. The molecular formula is C14H18O4. The molecule has 0 aromatic rings. The number of esters is 2. The van der Waals surface area contributed by atoms with Crippen molar-refractivity contribution in [3.63, 3.8) is 0 Å². The minimum Gasteiger partial charge on any atom is -0.458 e. The van der Waals surface area contributed by atoms with Crippen molar-refractivity contribution in [1.82, 2.24) is 0 Å². The molecule has 0 radical (unpaired) electrons. The smallest absolute Gasteiger partial charge is 0.306 e. The van der Waals surface area contributed by atoms with Crippen molar-refractivity contribution in [1.29, 1.82) is 0 Å². The van der Waals surface area contributed by atoms with E-state index in [0.29, 0.717) is 18.8 Å². The van der Waals surface area contributed by atoms with E-state index in [1.807, 2.05) is 0 Å². The van der Waals surface area contributed by atoms with Gasteiger partial charge in [0.25, 0.3) is 0 Å². The molecule has 3 atom stereocenters. The molecule has 18 heavy (non-hydrogen) atoms. The van der Waals surface area contributed by atoms with E-state index in [4.69, 9.17) is 9.47 Å². The van der Waals surface area contributed by atoms with Gasteiger partial charge in [0.2, 0.25) is 0 Å². The molecule has 2 rings (SSSR count). The third-order valence-electron chi connectivity index (χ3n) is 3.15. The van der Waals surface area contributed by atoms with Crippen molar-refractivity contribution >= 4 is 11.9 Å². The van der Waals surface area contributed by atoms with Crippen molar-refractivity contribution < 1.29 is 19.1 Å². The Morgan fingerprint density at radius 3 is 2.50 bits per heavy atom. The van der Waals surface area contributed by atoms with Crippen LogP contribution in [0.1, 0.15) is 32.6 Å². The molecule has 4 heteroatoms. The fraction of sp³-hybridized carbons (Fsp3) is 0.571. The molecule has 0 fully saturated rings. The average molecular weight is 250 g/mol. The minimum absolute atomic E-state index is 0.176. The molecule has 0 saturated carbocycles. The molecule has 0 N–H and O–H groups in total. The van der Waals surface area contributed by atoms with Crippen molar-refractivity contribution in [2.24, 2.45) is 5.92 Å². The van der Waals surface area contributed by atoms with Crippen LogP contribution in [0.4, 0.5) is 0 Å². The quantitative estimate of drug-likeness (QED) is 0.566. The van der Waals surface area contributed by atoms with Gasteiger partial charge in [-0.3, -0.25) is 9.59 Å². The minimum atomic E-state index is -0.312. The van der Waals surface area contributed by atoms with Gasteiger partial charge in [-0.1, -0.05) is 12.2 Å². The third-order valence-corrected chi connectivity index (χ3v) is 3.15. The first-order chi connectivity index (χ1) is 8.63. The van der Waals surface area contributed by atoms with Crippen molar-refractivity contribution in [2.45, 2.75) is 44.8 Å². The van der Waals surface area contributed by atoms with Crippen LogP contribution in [0.5, 0.6) is 0 Å². The summed E-state index contributed by atoms with van der Waals surface area (Å²) >= 11 is 0. The van der Waals surface area contributed by atoms with E-state index in [1.165, 1.54) is 6.92 Å². The molecule has 2 aliphatic carbocycles. The first kappa shape index (κ1) is 12.9. The molecular weight excluding hydrogens is 232 g/mol. The Labute approximate surface area is 107 Å². The summed E-state index contributed by atoms with van der Waals surface area (Å²) in [6, 6.07) is 0. The van der Waals surface area contributed by atoms with E-state index in [9.17, 15) is 9.59 Å². The van der Waals surface area contributed by atoms with Gasteiger partial charge in [-0.15, -0.1) is 0 Å². The lowest BCUT2D eigenvalue weighted by molar-refractivity contribution is -0.149. The number of carbonyl (C=O) groups excluding carboxylic acids is 2. The summed E-state index contributed by atoms with van der Waals surface area (Å²) in [6.45, 7) is 1.37. The first-order valence-corrected chi connectivity index (χ1v) is 6.35. The van der Waals surface area contributed by atoms with Crippen LogP contribution in [0.2, 0.25) is 0 Å². The highest BCUT2D eigenvalue weighted by atomic mass is 16.6. The molecule has 4 nitrogen and oxygen atoms in total. The lowest BCUT2D eigenvalue weighted by Gasteiger charge is -2.14. The Morgan fingerprint density at radius 1 is 1.17 bits per heavy atom. The van der Waals surface area contributed by atoms with Gasteiger partial charge < -0.3 is 9.47 Å². The second-order valence-electron chi connectivity index (χ2n) is 4.77. The number of rotatable bonds is 4. The van der Waals surface area contributed by atoms with Crippen LogP contribution in [0.25, 0.3) is 0 Å². The maximum Gasteiger partial charge on any atom is 0.306 e. The van der Waals surface area contributed by atoms with E-state index in [2.05, 4.69) is 12.2 Å². The maximum absolute atomic E-state index is 11.7. The number of hydrogen-bond acceptors (Lipinski definition) is 4. The highest BCUT2D eigenvalue weighted by Crippen LogP contribution is 2.23. The van der Waals surface area contributed by atoms with Crippen molar-refractivity contribution in [3.8, 4) is 0 Å². The second kappa shape index (κ2) is 5.85. The van der Waals surface area contributed by atoms with Gasteiger partial charge in [-0.25, -0.2) is 0 Å². The second-order valence-corrected chi connectivity index (χ2v) is 4.77. The van der Waals surface area contributed by atoms with Crippen LogP contribution in [0.15, 0.2) is 24.3 Å². The Balaban J connectivity index is 1.71. The molecule has 0 saturated heterocycles. The molecule has 0 aromatic carbocycles. The summed E-state index contributed by atoms with van der Waals surface area (Å²) in [5.74, 6) is -0.162. The summed E-state index contributed by atoms with van der Waals surface area (Å²) in [4.78, 5) is 22.5. The summed E-state index contributed by atoms with van der Waals surface area (Å²) in [7, 11) is 0. The fourth-order valence-corrected chi connectivity index (χ4v) is 2.32. The number of carbonyl (C=O) groups is 2. The normalized spacial score (nSPS) is 29.5. The van der Waals surface area contributed by atoms with Crippen LogP contribution in [0.3, 0.4) is 0 Å². The maximum atomic E-state index is 11.7. The summed E-state index contributed by atoms with van der Waals surface area (Å²) < 4.78 is 10.4. The van der Waals surface area contributed by atoms with Gasteiger partial charge in [0.1, 0.15) is 12.2 Å². The summed E-state index contributed by atoms with van der Waals surface area (Å²) in [5.41, 5.74) is 0. The molecule has 3 unspecified atom stereocenters. The fourth-order valence-electron chi connectivity index (χ4n) is 2.32. The topological polar surface area (TPSA) is 52.6 Å². The van der Waals surface area contributed by atoms with Crippen LogP contribution < -0.4 is 0 Å². The highest BCUT2D eigenvalue weighted by molar-refractivity contribution is 5.70. The Kier molecular flexibility index (Phi) is 4.18. The van der Waals surface area contributed by atoms with E-state index in [-0.39, 0.29) is 24.1 Å². The SMILES string of the molecule is CC(=O)OC1C=CC(OC(=O)CC2C=CCC2)C1. The molecule has 98 valence electrons. The summed E-state index contributed by atoms with van der Waals surface area (Å²) in [5, 5.41) is 0. The average Bonchev–Trinajstić information content (AvgIpc) is 2.89. The van der Waals surface area contributed by atoms with Gasteiger partial charge >= 0.3 is 11.9 Å². The number of ether oxygens (including phenoxy) is 2. The lowest BCUT2D eigenvalue weighted by atomic mass is 10.1. The van der Waals surface area contributed by atoms with Gasteiger partial charge in [-0.2, -0.15) is 0 Å². The van der Waals surface area contributed by atoms with Crippen LogP contribution in [-0.4, -0.2) is 24.1 Å². The van der Waals surface area contributed by atoms with Gasteiger partial charge in [0, 0.05) is 13.3 Å². The van der Waals surface area contributed by atoms with Crippen LogP contribution in [-0.2, 0) is 19.1 Å². The standard InChI is InChI=1S/C14H18O4/c1-10(15)17-12-6-7-13(9-12)18-14(16)8-11-4-2-3-5-11/h2,4,6-7,11-13H,3,5,8-9H2,1H3. The van der Waals surface area contributed by atoms with Crippen molar-refractivity contribution in [2.75, 3.05) is 0 Å². The van der Waals surface area contributed by atoms with E-state index in [0.717, 1.165) is 12.8 Å². The van der Waals surface area contributed by atoms with Crippen molar-refractivity contribution in [3.05, 3.63) is 24.3 Å². The Bertz CT molecular complexity index is 383. The Morgan fingerprint density at radius 2 is 1.89 bits per heavy atom. The molecule has 0 spiro atoms. The number of allylic oxidation sites excluding steroid dienone is 2. The summed E-state index contributed by atoms with van der Waals surface area (Å²) in [6.07, 6.45) is 10.3. The van der Waals surface area contributed by atoms with E-state index in [1.54, 1.807) is 12.2 Å². The number of hydrogen-bond donors (Lipinski definition) is 0. The zero-order chi connectivity index (χ0) is 13.0. The molecule has 0 bridgehead atoms. The van der Waals surface area contributed by atoms with E-state index < -0.39 is 0 Å². The van der Waals surface area contributed by atoms with Gasteiger partial charge in [0.05, 0.1) is 6.42 Å². The van der Waals surface area contributed by atoms with Gasteiger partial charge in [0.15, 0.2) is 0 Å². The van der Waals surface area contributed by atoms with Crippen LogP contribution in [0, 0.1) is 5.92 Å². The largest absolute Gasteiger partial charge is 0.458 e.